The van der Waals surface area contributed by atoms with Gasteiger partial charge >= 0.3 is 0 Å². The summed E-state index contributed by atoms with van der Waals surface area (Å²) in [6, 6.07) is 9.33. The van der Waals surface area contributed by atoms with Crippen molar-refractivity contribution < 1.29 is 0 Å². The molecule has 100 valence electrons. The lowest BCUT2D eigenvalue weighted by molar-refractivity contribution is 0.578. The number of aromatic nitrogens is 2. The van der Waals surface area contributed by atoms with Gasteiger partial charge in [-0.2, -0.15) is 5.26 Å². The number of nitriles is 1. The largest absolute Gasteiger partial charge is 0.312 e. The first-order valence-corrected chi connectivity index (χ1v) is 6.56. The Morgan fingerprint density at radius 1 is 1.45 bits per heavy atom. The van der Waals surface area contributed by atoms with E-state index in [0.29, 0.717) is 13.1 Å². The lowest BCUT2D eigenvalue weighted by Crippen LogP contribution is -2.34. The molecule has 0 radical (unpaired) electrons. The number of fused-ring (bicyclic) bond motifs is 1. The molecule has 0 unspecified atom stereocenters. The van der Waals surface area contributed by atoms with Crippen molar-refractivity contribution in [2.24, 2.45) is 0 Å². The molecule has 0 saturated carbocycles. The molecular formula is C15H14N4O. The summed E-state index contributed by atoms with van der Waals surface area (Å²) < 4.78 is 1.69. The SMILES string of the molecule is N#Cc1cc2c(n(Cc3ccccn3)c1=O)CCNC2. The Balaban J connectivity index is 2.13. The molecule has 0 aliphatic carbocycles. The van der Waals surface area contributed by atoms with Crippen LogP contribution in [0.4, 0.5) is 0 Å². The van der Waals surface area contributed by atoms with Gasteiger partial charge in [0, 0.05) is 31.4 Å². The van der Waals surface area contributed by atoms with Crippen molar-refractivity contribution in [3.63, 3.8) is 0 Å². The fourth-order valence-corrected chi connectivity index (χ4v) is 2.54. The molecule has 1 aliphatic heterocycles. The first-order valence-electron chi connectivity index (χ1n) is 6.56. The molecule has 0 amide bonds. The minimum atomic E-state index is -0.223. The van der Waals surface area contributed by atoms with Crippen molar-refractivity contribution in [2.45, 2.75) is 19.5 Å². The molecule has 0 spiro atoms. The van der Waals surface area contributed by atoms with Gasteiger partial charge in [0.1, 0.15) is 11.6 Å². The summed E-state index contributed by atoms with van der Waals surface area (Å²) in [5.41, 5.74) is 2.84. The number of hydrogen-bond donors (Lipinski definition) is 1. The average Bonchev–Trinajstić information content (AvgIpc) is 2.51. The van der Waals surface area contributed by atoms with E-state index in [2.05, 4.69) is 10.3 Å². The van der Waals surface area contributed by atoms with E-state index in [-0.39, 0.29) is 11.1 Å². The van der Waals surface area contributed by atoms with E-state index >= 15 is 0 Å². The van der Waals surface area contributed by atoms with Crippen molar-refractivity contribution >= 4 is 0 Å². The Kier molecular flexibility index (Phi) is 3.32. The lowest BCUT2D eigenvalue weighted by atomic mass is 10.0. The van der Waals surface area contributed by atoms with Crippen LogP contribution in [0, 0.1) is 11.3 Å². The molecule has 2 aromatic heterocycles. The summed E-state index contributed by atoms with van der Waals surface area (Å²) >= 11 is 0. The Morgan fingerprint density at radius 2 is 2.35 bits per heavy atom. The molecule has 5 nitrogen and oxygen atoms in total. The molecule has 0 atom stereocenters. The van der Waals surface area contributed by atoms with Crippen LogP contribution < -0.4 is 10.9 Å². The van der Waals surface area contributed by atoms with Crippen molar-refractivity contribution in [1.29, 1.82) is 5.26 Å². The van der Waals surface area contributed by atoms with E-state index < -0.39 is 0 Å². The first kappa shape index (κ1) is 12.6. The maximum absolute atomic E-state index is 12.4. The second-order valence-electron chi connectivity index (χ2n) is 4.78. The van der Waals surface area contributed by atoms with Gasteiger partial charge < -0.3 is 9.88 Å². The fourth-order valence-electron chi connectivity index (χ4n) is 2.54. The van der Waals surface area contributed by atoms with E-state index in [0.717, 1.165) is 29.9 Å². The van der Waals surface area contributed by atoms with Crippen LogP contribution in [0.2, 0.25) is 0 Å². The van der Waals surface area contributed by atoms with Gasteiger partial charge in [-0.1, -0.05) is 6.07 Å². The highest BCUT2D eigenvalue weighted by Crippen LogP contribution is 2.14. The Bertz CT molecular complexity index is 728. The van der Waals surface area contributed by atoms with Crippen LogP contribution in [0.3, 0.4) is 0 Å². The van der Waals surface area contributed by atoms with Crippen molar-refractivity contribution in [2.75, 3.05) is 6.54 Å². The maximum atomic E-state index is 12.4. The average molecular weight is 266 g/mol. The third-order valence-corrected chi connectivity index (χ3v) is 3.51. The number of pyridine rings is 2. The second kappa shape index (κ2) is 5.27. The van der Waals surface area contributed by atoms with Gasteiger partial charge in [0.15, 0.2) is 0 Å². The zero-order valence-corrected chi connectivity index (χ0v) is 11.0. The molecule has 0 bridgehead atoms. The van der Waals surface area contributed by atoms with E-state index in [1.165, 1.54) is 0 Å². The third-order valence-electron chi connectivity index (χ3n) is 3.51. The highest BCUT2D eigenvalue weighted by Gasteiger charge is 2.17. The molecule has 0 saturated heterocycles. The lowest BCUT2D eigenvalue weighted by Gasteiger charge is -2.22. The van der Waals surface area contributed by atoms with E-state index in [1.807, 2.05) is 24.3 Å². The molecule has 5 heteroatoms. The third kappa shape index (κ3) is 2.22. The van der Waals surface area contributed by atoms with E-state index in [9.17, 15) is 4.79 Å². The summed E-state index contributed by atoms with van der Waals surface area (Å²) in [7, 11) is 0. The predicted octanol–water partition coefficient (Wildman–Crippen LogP) is 0.809. The van der Waals surface area contributed by atoms with Crippen LogP contribution in [-0.4, -0.2) is 16.1 Å². The molecule has 3 heterocycles. The molecule has 20 heavy (non-hydrogen) atoms. The summed E-state index contributed by atoms with van der Waals surface area (Å²) in [6.07, 6.45) is 2.51. The number of nitrogens with zero attached hydrogens (tertiary/aromatic N) is 3. The van der Waals surface area contributed by atoms with Crippen molar-refractivity contribution in [1.82, 2.24) is 14.9 Å². The van der Waals surface area contributed by atoms with Crippen molar-refractivity contribution in [3.8, 4) is 6.07 Å². The van der Waals surface area contributed by atoms with Gasteiger partial charge in [-0.3, -0.25) is 9.78 Å². The Morgan fingerprint density at radius 3 is 3.10 bits per heavy atom. The molecule has 0 fully saturated rings. The molecular weight excluding hydrogens is 252 g/mol. The summed E-state index contributed by atoms with van der Waals surface area (Å²) in [6.45, 7) is 1.96. The standard InChI is InChI=1S/C15H14N4O/c16-8-11-7-12-9-17-6-4-14(12)19(15(11)20)10-13-3-1-2-5-18-13/h1-3,5,7,17H,4,6,9-10H2. The summed E-state index contributed by atoms with van der Waals surface area (Å²) in [4.78, 5) is 16.6. The molecule has 3 rings (SSSR count). The summed E-state index contributed by atoms with van der Waals surface area (Å²) in [5.74, 6) is 0. The fraction of sp³-hybridized carbons (Fsp3) is 0.267. The zero-order valence-electron chi connectivity index (χ0n) is 11.0. The van der Waals surface area contributed by atoms with Gasteiger partial charge in [0.2, 0.25) is 0 Å². The second-order valence-corrected chi connectivity index (χ2v) is 4.78. The minimum absolute atomic E-state index is 0.198. The van der Waals surface area contributed by atoms with Gasteiger partial charge in [0.25, 0.3) is 5.56 Å². The predicted molar refractivity (Wildman–Crippen MR) is 74.2 cm³/mol. The topological polar surface area (TPSA) is 70.7 Å². The van der Waals surface area contributed by atoms with Crippen LogP contribution in [0.25, 0.3) is 0 Å². The normalized spacial score (nSPS) is 13.6. The van der Waals surface area contributed by atoms with Gasteiger partial charge in [0.05, 0.1) is 12.2 Å². The molecule has 1 N–H and O–H groups in total. The van der Waals surface area contributed by atoms with Crippen LogP contribution in [0.15, 0.2) is 35.3 Å². The Hall–Kier alpha value is -2.45. The van der Waals surface area contributed by atoms with Gasteiger partial charge in [-0.15, -0.1) is 0 Å². The first-order chi connectivity index (χ1) is 9.79. The molecule has 2 aromatic rings. The van der Waals surface area contributed by atoms with Crippen molar-refractivity contribution in [3.05, 3.63) is 63.3 Å². The quantitative estimate of drug-likeness (QED) is 0.873. The van der Waals surface area contributed by atoms with Gasteiger partial charge in [-0.25, -0.2) is 0 Å². The zero-order chi connectivity index (χ0) is 13.9. The summed E-state index contributed by atoms with van der Waals surface area (Å²) in [5, 5.41) is 12.4. The highest BCUT2D eigenvalue weighted by atomic mass is 16.1. The molecule has 1 aliphatic rings. The smallest absolute Gasteiger partial charge is 0.269 e. The van der Waals surface area contributed by atoms with E-state index in [1.54, 1.807) is 16.8 Å². The number of nitrogens with one attached hydrogen (secondary N) is 1. The molecule has 0 aromatic carbocycles. The minimum Gasteiger partial charge on any atom is -0.312 e. The highest BCUT2D eigenvalue weighted by molar-refractivity contribution is 5.35. The van der Waals surface area contributed by atoms with Crippen LogP contribution in [0.5, 0.6) is 0 Å². The van der Waals surface area contributed by atoms with Gasteiger partial charge in [-0.05, 0) is 23.8 Å². The van der Waals surface area contributed by atoms with Crippen LogP contribution in [0.1, 0.15) is 22.5 Å². The van der Waals surface area contributed by atoms with E-state index in [4.69, 9.17) is 5.26 Å². The Labute approximate surface area is 116 Å². The number of hydrogen-bond acceptors (Lipinski definition) is 4. The maximum Gasteiger partial charge on any atom is 0.269 e. The van der Waals surface area contributed by atoms with Crippen LogP contribution in [-0.2, 0) is 19.5 Å². The van der Waals surface area contributed by atoms with Crippen LogP contribution >= 0.6 is 0 Å². The monoisotopic (exact) mass is 266 g/mol. The number of rotatable bonds is 2.